The monoisotopic (exact) mass is 294 g/mol. The van der Waals surface area contributed by atoms with Crippen LogP contribution in [-0.2, 0) is 0 Å². The van der Waals surface area contributed by atoms with Gasteiger partial charge in [-0.2, -0.15) is 4.39 Å². The number of halogens is 2. The third-order valence-electron chi connectivity index (χ3n) is 2.81. The molecule has 0 saturated carbocycles. The molecule has 2 rings (SSSR count). The molecule has 0 heterocycles. The molecule has 0 saturated heterocycles. The first-order valence-corrected chi connectivity index (χ1v) is 6.05. The standard InChI is InChI=1S/C14H12F2N2O3/c1-8(17)11-6-9(15)2-5-14(11)21-10-3-4-13(18(19)20)12(16)7-10/h2-8H,17H2,1H3/t8-/m0/s1. The van der Waals surface area contributed by atoms with Crippen molar-refractivity contribution in [3.8, 4) is 11.5 Å². The van der Waals surface area contributed by atoms with Gasteiger partial charge in [0, 0.05) is 23.7 Å². The summed E-state index contributed by atoms with van der Waals surface area (Å²) in [6.45, 7) is 1.65. The Morgan fingerprint density at radius 1 is 1.24 bits per heavy atom. The van der Waals surface area contributed by atoms with Crippen molar-refractivity contribution in [1.82, 2.24) is 0 Å². The van der Waals surface area contributed by atoms with Crippen LogP contribution in [0.25, 0.3) is 0 Å². The van der Waals surface area contributed by atoms with Gasteiger partial charge < -0.3 is 10.5 Å². The zero-order chi connectivity index (χ0) is 15.6. The number of hydrogen-bond donors (Lipinski definition) is 1. The second kappa shape index (κ2) is 5.84. The molecule has 0 amide bonds. The van der Waals surface area contributed by atoms with Crippen LogP contribution < -0.4 is 10.5 Å². The summed E-state index contributed by atoms with van der Waals surface area (Å²) in [5.74, 6) is -1.15. The topological polar surface area (TPSA) is 78.4 Å². The van der Waals surface area contributed by atoms with Gasteiger partial charge in [-0.1, -0.05) is 0 Å². The minimum atomic E-state index is -1.01. The molecule has 0 aliphatic rings. The number of rotatable bonds is 4. The lowest BCUT2D eigenvalue weighted by Gasteiger charge is -2.13. The van der Waals surface area contributed by atoms with Crippen LogP contribution in [0.1, 0.15) is 18.5 Å². The van der Waals surface area contributed by atoms with E-state index in [0.29, 0.717) is 5.56 Å². The molecule has 0 spiro atoms. The number of nitrogens with zero attached hydrogens (tertiary/aromatic N) is 1. The van der Waals surface area contributed by atoms with Gasteiger partial charge in [0.05, 0.1) is 4.92 Å². The zero-order valence-corrected chi connectivity index (χ0v) is 11.0. The van der Waals surface area contributed by atoms with Gasteiger partial charge in [0.1, 0.15) is 17.3 Å². The first-order valence-electron chi connectivity index (χ1n) is 6.05. The Morgan fingerprint density at radius 3 is 2.52 bits per heavy atom. The normalized spacial score (nSPS) is 12.0. The quantitative estimate of drug-likeness (QED) is 0.689. The molecule has 21 heavy (non-hydrogen) atoms. The van der Waals surface area contributed by atoms with E-state index in [1.807, 2.05) is 0 Å². The molecule has 110 valence electrons. The smallest absolute Gasteiger partial charge is 0.305 e. The van der Waals surface area contributed by atoms with Crippen molar-refractivity contribution in [3.05, 3.63) is 63.7 Å². The van der Waals surface area contributed by atoms with Crippen molar-refractivity contribution in [2.45, 2.75) is 13.0 Å². The summed E-state index contributed by atoms with van der Waals surface area (Å²) in [4.78, 5) is 9.71. The lowest BCUT2D eigenvalue weighted by Crippen LogP contribution is -2.07. The maximum absolute atomic E-state index is 13.5. The molecule has 0 aliphatic carbocycles. The summed E-state index contributed by atoms with van der Waals surface area (Å²) < 4.78 is 32.2. The molecule has 0 fully saturated rings. The Hall–Kier alpha value is -2.54. The van der Waals surface area contributed by atoms with E-state index in [9.17, 15) is 18.9 Å². The second-order valence-electron chi connectivity index (χ2n) is 4.44. The van der Waals surface area contributed by atoms with Gasteiger partial charge in [-0.15, -0.1) is 0 Å². The lowest BCUT2D eigenvalue weighted by molar-refractivity contribution is -0.387. The van der Waals surface area contributed by atoms with Gasteiger partial charge in [-0.3, -0.25) is 10.1 Å². The third kappa shape index (κ3) is 3.32. The Kier molecular flexibility index (Phi) is 4.13. The average molecular weight is 294 g/mol. The summed E-state index contributed by atoms with van der Waals surface area (Å²) in [5, 5.41) is 10.5. The number of hydrogen-bond acceptors (Lipinski definition) is 4. The summed E-state index contributed by atoms with van der Waals surface area (Å²) in [5.41, 5.74) is 5.49. The maximum atomic E-state index is 13.5. The summed E-state index contributed by atoms with van der Waals surface area (Å²) in [6, 6.07) is 6.44. The highest BCUT2D eigenvalue weighted by atomic mass is 19.1. The largest absolute Gasteiger partial charge is 0.457 e. The van der Waals surface area contributed by atoms with Crippen molar-refractivity contribution in [2.24, 2.45) is 5.73 Å². The predicted molar refractivity (Wildman–Crippen MR) is 72.1 cm³/mol. The van der Waals surface area contributed by atoms with E-state index >= 15 is 0 Å². The Balaban J connectivity index is 2.34. The average Bonchev–Trinajstić information content (AvgIpc) is 2.40. The fraction of sp³-hybridized carbons (Fsp3) is 0.143. The first-order chi connectivity index (χ1) is 9.88. The molecule has 0 aromatic heterocycles. The summed E-state index contributed by atoms with van der Waals surface area (Å²) in [7, 11) is 0. The van der Waals surface area contributed by atoms with Crippen LogP contribution in [0.5, 0.6) is 11.5 Å². The highest BCUT2D eigenvalue weighted by molar-refractivity contribution is 5.43. The van der Waals surface area contributed by atoms with Gasteiger partial charge in [-0.25, -0.2) is 4.39 Å². The molecule has 2 aromatic rings. The van der Waals surface area contributed by atoms with Gasteiger partial charge in [0.2, 0.25) is 5.82 Å². The number of nitro benzene ring substituents is 1. The van der Waals surface area contributed by atoms with Crippen LogP contribution >= 0.6 is 0 Å². The van der Waals surface area contributed by atoms with Crippen molar-refractivity contribution >= 4 is 5.69 Å². The molecule has 0 radical (unpaired) electrons. The van der Waals surface area contributed by atoms with Gasteiger partial charge in [-0.05, 0) is 31.2 Å². The van der Waals surface area contributed by atoms with Crippen molar-refractivity contribution < 1.29 is 18.4 Å². The molecular weight excluding hydrogens is 282 g/mol. The van der Waals surface area contributed by atoms with Crippen LogP contribution in [0.3, 0.4) is 0 Å². The third-order valence-corrected chi connectivity index (χ3v) is 2.81. The number of ether oxygens (including phenoxy) is 1. The minimum absolute atomic E-state index is 0.0617. The Bertz CT molecular complexity index is 690. The molecule has 2 aromatic carbocycles. The SMILES string of the molecule is C[C@H](N)c1cc(F)ccc1Oc1ccc([N+](=O)[O-])c(F)c1. The van der Waals surface area contributed by atoms with Crippen molar-refractivity contribution in [1.29, 1.82) is 0 Å². The number of nitrogens with two attached hydrogens (primary N) is 1. The van der Waals surface area contributed by atoms with Crippen molar-refractivity contribution in [2.75, 3.05) is 0 Å². The van der Waals surface area contributed by atoms with Crippen molar-refractivity contribution in [3.63, 3.8) is 0 Å². The number of benzene rings is 2. The van der Waals surface area contributed by atoms with Crippen LogP contribution in [0, 0.1) is 21.7 Å². The molecular formula is C14H12F2N2O3. The molecule has 0 bridgehead atoms. The van der Waals surface area contributed by atoms with E-state index in [-0.39, 0.29) is 11.5 Å². The van der Waals surface area contributed by atoms with Gasteiger partial charge in [0.25, 0.3) is 0 Å². The van der Waals surface area contributed by atoms with E-state index in [1.165, 1.54) is 24.3 Å². The van der Waals surface area contributed by atoms with Crippen LogP contribution in [0.15, 0.2) is 36.4 Å². The molecule has 1 atom stereocenters. The van der Waals surface area contributed by atoms with Crippen LogP contribution in [0.4, 0.5) is 14.5 Å². The van der Waals surface area contributed by atoms with Gasteiger partial charge in [0.15, 0.2) is 0 Å². The molecule has 0 aliphatic heterocycles. The number of nitro groups is 1. The second-order valence-corrected chi connectivity index (χ2v) is 4.44. The Morgan fingerprint density at radius 2 is 1.95 bits per heavy atom. The van der Waals surface area contributed by atoms with E-state index in [0.717, 1.165) is 12.1 Å². The highest BCUT2D eigenvalue weighted by Gasteiger charge is 2.16. The fourth-order valence-corrected chi connectivity index (χ4v) is 1.79. The highest BCUT2D eigenvalue weighted by Crippen LogP contribution is 2.31. The van der Waals surface area contributed by atoms with Gasteiger partial charge >= 0.3 is 5.69 Å². The molecule has 5 nitrogen and oxygen atoms in total. The van der Waals surface area contributed by atoms with E-state index in [4.69, 9.17) is 10.5 Å². The summed E-state index contributed by atoms with van der Waals surface area (Å²) in [6.07, 6.45) is 0. The summed E-state index contributed by atoms with van der Waals surface area (Å²) >= 11 is 0. The van der Waals surface area contributed by atoms with E-state index in [2.05, 4.69) is 0 Å². The van der Waals surface area contributed by atoms with Crippen LogP contribution in [0.2, 0.25) is 0 Å². The molecule has 2 N–H and O–H groups in total. The zero-order valence-electron chi connectivity index (χ0n) is 11.0. The minimum Gasteiger partial charge on any atom is -0.457 e. The molecule has 0 unspecified atom stereocenters. The Labute approximate surface area is 119 Å². The first kappa shape index (κ1) is 14.9. The van der Waals surface area contributed by atoms with E-state index in [1.54, 1.807) is 6.92 Å². The maximum Gasteiger partial charge on any atom is 0.305 e. The fourth-order valence-electron chi connectivity index (χ4n) is 1.79. The van der Waals surface area contributed by atoms with E-state index < -0.39 is 28.3 Å². The predicted octanol–water partition coefficient (Wildman–Crippen LogP) is 3.69. The molecule has 7 heteroatoms. The van der Waals surface area contributed by atoms with Crippen LogP contribution in [-0.4, -0.2) is 4.92 Å². The lowest BCUT2D eigenvalue weighted by atomic mass is 10.1.